The number of carbonyl (C=O) groups is 1. The molecule has 0 saturated carbocycles. The van der Waals surface area contributed by atoms with Crippen molar-refractivity contribution in [2.24, 2.45) is 4.99 Å². The Labute approximate surface area is 226 Å². The topological polar surface area (TPSA) is 129 Å². The first-order valence-corrected chi connectivity index (χ1v) is 12.9. The van der Waals surface area contributed by atoms with Gasteiger partial charge >= 0.3 is 0 Å². The van der Waals surface area contributed by atoms with Crippen molar-refractivity contribution < 1.29 is 15.2 Å². The zero-order valence-corrected chi connectivity index (χ0v) is 22.0. The maximum atomic E-state index is 12.9. The molecule has 0 bridgehead atoms. The molecule has 0 saturated heterocycles. The number of benzene rings is 3. The number of guanidine groups is 1. The van der Waals surface area contributed by atoms with Gasteiger partial charge in [0.15, 0.2) is 0 Å². The molecule has 0 atom stereocenters. The molecule has 11 heteroatoms. The lowest BCUT2D eigenvalue weighted by molar-refractivity contribution is 0.0953. The first-order valence-electron chi connectivity index (χ1n) is 12.9. The molecule has 3 aromatic carbocycles. The van der Waals surface area contributed by atoms with Gasteiger partial charge in [0.05, 0.1) is 22.1 Å². The number of aryl methyl sites for hydroxylation is 1. The van der Waals surface area contributed by atoms with Crippen molar-refractivity contribution >= 4 is 45.3 Å². The number of anilines is 2. The third kappa shape index (κ3) is 5.75. The van der Waals surface area contributed by atoms with Gasteiger partial charge in [0.2, 0.25) is 5.96 Å². The summed E-state index contributed by atoms with van der Waals surface area (Å²) in [5.41, 5.74) is 8.04. The van der Waals surface area contributed by atoms with Crippen LogP contribution in [0.1, 0.15) is 28.8 Å². The van der Waals surface area contributed by atoms with Crippen molar-refractivity contribution in [2.75, 3.05) is 43.5 Å². The molecule has 0 aliphatic carbocycles. The Kier molecular flexibility index (Phi) is 7.82. The van der Waals surface area contributed by atoms with Crippen LogP contribution in [0.5, 0.6) is 0 Å². The molecule has 39 heavy (non-hydrogen) atoms. The van der Waals surface area contributed by atoms with Crippen molar-refractivity contribution in [1.82, 2.24) is 25.6 Å². The number of nitrogens with one attached hydrogen (secondary N) is 2. The Morgan fingerprint density at radius 3 is 2.46 bits per heavy atom. The molecule has 1 aromatic heterocycles. The van der Waals surface area contributed by atoms with E-state index in [2.05, 4.69) is 20.6 Å². The molecular formula is C28H32N8O3. The van der Waals surface area contributed by atoms with Gasteiger partial charge in [-0.15, -0.1) is 0 Å². The van der Waals surface area contributed by atoms with E-state index < -0.39 is 0 Å². The first kappa shape index (κ1) is 26.3. The molecule has 202 valence electrons. The van der Waals surface area contributed by atoms with Crippen molar-refractivity contribution in [1.29, 1.82) is 0 Å². The summed E-state index contributed by atoms with van der Waals surface area (Å²) in [7, 11) is 2.02. The van der Waals surface area contributed by atoms with Crippen LogP contribution in [0.25, 0.3) is 22.1 Å². The van der Waals surface area contributed by atoms with E-state index in [0.717, 1.165) is 52.8 Å². The number of amides is 1. The molecule has 4 N–H and O–H groups in total. The molecule has 2 heterocycles. The first-order chi connectivity index (χ1) is 18.9. The SMILES string of the molecule is Cc1cccc2nc3c(C(=O)NCCCN(C)CCCN=C4NN(O)c5ccccc5N4O)cccc3nc12. The van der Waals surface area contributed by atoms with Crippen molar-refractivity contribution in [3.63, 3.8) is 0 Å². The minimum absolute atomic E-state index is 0.155. The summed E-state index contributed by atoms with van der Waals surface area (Å²) in [6.07, 6.45) is 1.55. The fraction of sp³-hybridized carbons (Fsp3) is 0.286. The Hall–Kier alpha value is -4.32. The van der Waals surface area contributed by atoms with Crippen LogP contribution in [0.4, 0.5) is 11.4 Å². The van der Waals surface area contributed by atoms with E-state index in [9.17, 15) is 15.2 Å². The van der Waals surface area contributed by atoms with Crippen LogP contribution in [0.15, 0.2) is 65.7 Å². The maximum Gasteiger partial charge on any atom is 0.253 e. The minimum Gasteiger partial charge on any atom is -0.352 e. The zero-order valence-electron chi connectivity index (χ0n) is 22.0. The largest absolute Gasteiger partial charge is 0.352 e. The van der Waals surface area contributed by atoms with Gasteiger partial charge in [-0.05, 0) is 75.8 Å². The average Bonchev–Trinajstić information content (AvgIpc) is 2.95. The normalized spacial score (nSPS) is 14.2. The molecule has 0 unspecified atom stereocenters. The average molecular weight is 529 g/mol. The van der Waals surface area contributed by atoms with Crippen LogP contribution in [0.2, 0.25) is 0 Å². The van der Waals surface area contributed by atoms with E-state index in [1.54, 1.807) is 30.3 Å². The number of hydrogen-bond donors (Lipinski definition) is 4. The van der Waals surface area contributed by atoms with Crippen molar-refractivity contribution in [3.8, 4) is 0 Å². The number of rotatable bonds is 9. The highest BCUT2D eigenvalue weighted by Gasteiger charge is 2.25. The van der Waals surface area contributed by atoms with Crippen LogP contribution < -0.4 is 21.0 Å². The molecule has 1 aliphatic rings. The molecule has 1 amide bonds. The van der Waals surface area contributed by atoms with E-state index in [0.29, 0.717) is 41.1 Å². The molecule has 0 spiro atoms. The number of carbonyl (C=O) groups excluding carboxylic acids is 1. The third-order valence-corrected chi connectivity index (χ3v) is 6.65. The highest BCUT2D eigenvalue weighted by molar-refractivity contribution is 6.06. The molecule has 1 aliphatic heterocycles. The fourth-order valence-electron chi connectivity index (χ4n) is 4.57. The second-order valence-corrected chi connectivity index (χ2v) is 9.54. The quantitative estimate of drug-likeness (QED) is 0.191. The highest BCUT2D eigenvalue weighted by atomic mass is 16.6. The van der Waals surface area contributed by atoms with Gasteiger partial charge in [-0.2, -0.15) is 10.2 Å². The maximum absolute atomic E-state index is 12.9. The van der Waals surface area contributed by atoms with Gasteiger partial charge in [0.1, 0.15) is 16.9 Å². The molecule has 4 aromatic rings. The number of aliphatic imine (C=N–C) groups is 1. The lowest BCUT2D eigenvalue weighted by Gasteiger charge is -2.32. The summed E-state index contributed by atoms with van der Waals surface area (Å²) in [5, 5.41) is 25.3. The van der Waals surface area contributed by atoms with Gasteiger partial charge in [-0.1, -0.05) is 30.3 Å². The fourth-order valence-corrected chi connectivity index (χ4v) is 4.57. The number of aromatic nitrogens is 2. The van der Waals surface area contributed by atoms with Crippen LogP contribution in [0.3, 0.4) is 0 Å². The third-order valence-electron chi connectivity index (χ3n) is 6.65. The van der Waals surface area contributed by atoms with Gasteiger partial charge in [-0.3, -0.25) is 15.2 Å². The number of para-hydroxylation sites is 4. The second-order valence-electron chi connectivity index (χ2n) is 9.54. The molecule has 0 fully saturated rings. The van der Waals surface area contributed by atoms with E-state index in [1.165, 1.54) is 0 Å². The minimum atomic E-state index is -0.159. The number of fused-ring (bicyclic) bond motifs is 3. The predicted octanol–water partition coefficient (Wildman–Crippen LogP) is 3.50. The summed E-state index contributed by atoms with van der Waals surface area (Å²) < 4.78 is 0. The second kappa shape index (κ2) is 11.6. The van der Waals surface area contributed by atoms with Gasteiger partial charge in [0.25, 0.3) is 5.91 Å². The summed E-state index contributed by atoms with van der Waals surface area (Å²) in [5.74, 6) is -0.00348. The Bertz CT molecular complexity index is 1530. The van der Waals surface area contributed by atoms with E-state index in [4.69, 9.17) is 9.97 Å². The molecule has 0 radical (unpaired) electrons. The molecular weight excluding hydrogens is 496 g/mol. The lowest BCUT2D eigenvalue weighted by Crippen LogP contribution is -2.52. The van der Waals surface area contributed by atoms with Crippen LogP contribution in [-0.2, 0) is 0 Å². The van der Waals surface area contributed by atoms with Gasteiger partial charge in [0, 0.05) is 13.1 Å². The van der Waals surface area contributed by atoms with Gasteiger partial charge in [-0.25, -0.2) is 20.4 Å². The summed E-state index contributed by atoms with van der Waals surface area (Å²) >= 11 is 0. The van der Waals surface area contributed by atoms with E-state index >= 15 is 0 Å². The van der Waals surface area contributed by atoms with E-state index in [1.807, 2.05) is 44.3 Å². The standard InChI is InChI=1S/C28H32N8O3/c1-19-9-5-11-21-25(19)31-22-12-6-10-20(26(22)32-21)27(37)29-15-7-17-34(2)18-8-16-30-28-33-36(39)24-14-4-3-13-23(24)35(28)38/h3-6,9-14,38-39H,7-8,15-18H2,1-2H3,(H,29,37)(H,30,33). The van der Waals surface area contributed by atoms with E-state index in [-0.39, 0.29) is 11.9 Å². The highest BCUT2D eigenvalue weighted by Crippen LogP contribution is 2.29. The van der Waals surface area contributed by atoms with Crippen molar-refractivity contribution in [2.45, 2.75) is 19.8 Å². The summed E-state index contributed by atoms with van der Waals surface area (Å²) in [6, 6.07) is 18.3. The lowest BCUT2D eigenvalue weighted by atomic mass is 10.1. The Balaban J connectivity index is 1.08. The number of hydrogen-bond acceptors (Lipinski definition) is 8. The summed E-state index contributed by atoms with van der Waals surface area (Å²) in [6.45, 7) is 4.60. The van der Waals surface area contributed by atoms with Crippen molar-refractivity contribution in [3.05, 3.63) is 71.8 Å². The monoisotopic (exact) mass is 528 g/mol. The number of hydrazine groups is 1. The van der Waals surface area contributed by atoms with Gasteiger partial charge < -0.3 is 10.2 Å². The zero-order chi connectivity index (χ0) is 27.4. The summed E-state index contributed by atoms with van der Waals surface area (Å²) in [4.78, 5) is 28.9. The predicted molar refractivity (Wildman–Crippen MR) is 151 cm³/mol. The molecule has 11 nitrogen and oxygen atoms in total. The van der Waals surface area contributed by atoms with Crippen LogP contribution in [0, 0.1) is 6.92 Å². The Morgan fingerprint density at radius 2 is 1.64 bits per heavy atom. The Morgan fingerprint density at radius 1 is 0.949 bits per heavy atom. The van der Waals surface area contributed by atoms with Crippen LogP contribution in [-0.4, -0.2) is 70.4 Å². The van der Waals surface area contributed by atoms with Crippen LogP contribution >= 0.6 is 0 Å². The smallest absolute Gasteiger partial charge is 0.253 e. The number of hydroxylamine groups is 1. The molecule has 5 rings (SSSR count). The number of nitrogens with zero attached hydrogens (tertiary/aromatic N) is 6.